The summed E-state index contributed by atoms with van der Waals surface area (Å²) in [6.45, 7) is 9.24. The van der Waals surface area contributed by atoms with Crippen LogP contribution in [0, 0.1) is 11.8 Å². The average molecular weight is 573 g/mol. The number of benzene rings is 2. The molecule has 0 spiro atoms. The molecule has 0 bridgehead atoms. The van der Waals surface area contributed by atoms with E-state index in [-0.39, 0.29) is 24.2 Å². The summed E-state index contributed by atoms with van der Waals surface area (Å²) in [5.41, 5.74) is 1.44. The second kappa shape index (κ2) is 12.7. The highest BCUT2D eigenvalue weighted by Crippen LogP contribution is 2.37. The summed E-state index contributed by atoms with van der Waals surface area (Å²) >= 11 is 7.56. The van der Waals surface area contributed by atoms with Gasteiger partial charge in [-0.25, -0.2) is 4.79 Å². The highest BCUT2D eigenvalue weighted by Gasteiger charge is 2.34. The molecule has 7 nitrogen and oxygen atoms in total. The van der Waals surface area contributed by atoms with E-state index in [0.29, 0.717) is 34.4 Å². The van der Waals surface area contributed by atoms with Gasteiger partial charge in [-0.05, 0) is 75.3 Å². The van der Waals surface area contributed by atoms with Gasteiger partial charge in [-0.1, -0.05) is 36.7 Å². The van der Waals surface area contributed by atoms with Crippen molar-refractivity contribution in [1.82, 2.24) is 5.32 Å². The van der Waals surface area contributed by atoms with Gasteiger partial charge in [0.05, 0.1) is 12.2 Å². The number of nitrogens with zero attached hydrogens (tertiary/aromatic N) is 1. The quantitative estimate of drug-likeness (QED) is 0.381. The number of carbonyl (C=O) groups is 3. The minimum Gasteiger partial charge on any atom is -0.444 e. The third-order valence-electron chi connectivity index (χ3n) is 7.06. The smallest absolute Gasteiger partial charge is 0.408 e. The molecule has 0 unspecified atom stereocenters. The fraction of sp³-hybridized carbons (Fsp3) is 0.500. The minimum atomic E-state index is -0.794. The standard InChI is InChI=1S/C30H37ClN2O5S/c1-19(21-11-13-37-14-12-21)15-26(34)22-7-10-27-25(16-22)33(17-20-5-8-23(31)9-6-20)28(35)24(18-39-27)32-29(36)38-30(2,3)4/h5-10,16,19,21,24H,11-15,17-18H2,1-4H3,(H,32,36)/t19-,24-/m0/s1. The summed E-state index contributed by atoms with van der Waals surface area (Å²) in [4.78, 5) is 42.3. The summed E-state index contributed by atoms with van der Waals surface area (Å²) in [6, 6.07) is 12.1. The predicted molar refractivity (Wildman–Crippen MR) is 155 cm³/mol. The number of carbonyl (C=O) groups excluding carboxylic acids is 3. The van der Waals surface area contributed by atoms with Crippen LogP contribution in [-0.2, 0) is 20.8 Å². The third kappa shape index (κ3) is 7.99. The molecule has 4 rings (SSSR count). The van der Waals surface area contributed by atoms with Gasteiger partial charge in [0.25, 0.3) is 5.91 Å². The van der Waals surface area contributed by atoms with E-state index in [1.807, 2.05) is 30.3 Å². The molecule has 2 heterocycles. The van der Waals surface area contributed by atoms with Crippen LogP contribution in [-0.4, -0.2) is 48.4 Å². The molecule has 210 valence electrons. The van der Waals surface area contributed by atoms with Crippen LogP contribution in [0.1, 0.15) is 62.9 Å². The van der Waals surface area contributed by atoms with E-state index in [9.17, 15) is 14.4 Å². The fourth-order valence-electron chi connectivity index (χ4n) is 4.93. The molecule has 0 saturated carbocycles. The Balaban J connectivity index is 1.60. The monoisotopic (exact) mass is 572 g/mol. The molecule has 1 fully saturated rings. The van der Waals surface area contributed by atoms with Crippen molar-refractivity contribution in [2.75, 3.05) is 23.9 Å². The van der Waals surface area contributed by atoms with Gasteiger partial charge >= 0.3 is 6.09 Å². The van der Waals surface area contributed by atoms with Crippen molar-refractivity contribution in [3.8, 4) is 0 Å². The van der Waals surface area contributed by atoms with E-state index in [4.69, 9.17) is 21.1 Å². The minimum absolute atomic E-state index is 0.0633. The SMILES string of the molecule is C[C@@H](CC(=O)c1ccc2c(c1)N(Cc1ccc(Cl)cc1)C(=O)[C@@H](NC(=O)OC(C)(C)C)CS2)C1CCOCC1. The topological polar surface area (TPSA) is 84.9 Å². The van der Waals surface area contributed by atoms with Crippen LogP contribution in [0.2, 0.25) is 5.02 Å². The van der Waals surface area contributed by atoms with Crippen molar-refractivity contribution < 1.29 is 23.9 Å². The number of amides is 2. The van der Waals surface area contributed by atoms with E-state index in [1.54, 1.807) is 37.8 Å². The first kappa shape index (κ1) is 29.4. The highest BCUT2D eigenvalue weighted by atomic mass is 35.5. The third-order valence-corrected chi connectivity index (χ3v) is 8.47. The van der Waals surface area contributed by atoms with Gasteiger partial charge in [-0.15, -0.1) is 11.8 Å². The maximum Gasteiger partial charge on any atom is 0.408 e. The molecule has 0 aliphatic carbocycles. The molecular formula is C30H37ClN2O5S. The lowest BCUT2D eigenvalue weighted by atomic mass is 9.83. The Hall–Kier alpha value is -2.55. The van der Waals surface area contributed by atoms with Crippen LogP contribution >= 0.6 is 23.4 Å². The Kier molecular flexibility index (Phi) is 9.62. The Bertz CT molecular complexity index is 1190. The number of anilines is 1. The maximum absolute atomic E-state index is 13.9. The van der Waals surface area contributed by atoms with Crippen LogP contribution in [0.4, 0.5) is 10.5 Å². The van der Waals surface area contributed by atoms with Gasteiger partial charge in [0, 0.05) is 40.9 Å². The number of alkyl carbamates (subject to hydrolysis) is 1. The van der Waals surface area contributed by atoms with Gasteiger partial charge in [-0.3, -0.25) is 9.59 Å². The van der Waals surface area contributed by atoms with Crippen molar-refractivity contribution in [3.05, 3.63) is 58.6 Å². The molecule has 0 radical (unpaired) electrons. The number of ketones is 1. The summed E-state index contributed by atoms with van der Waals surface area (Å²) in [7, 11) is 0. The molecule has 39 heavy (non-hydrogen) atoms. The summed E-state index contributed by atoms with van der Waals surface area (Å²) < 4.78 is 10.9. The average Bonchev–Trinajstić information content (AvgIpc) is 3.01. The number of hydrogen-bond donors (Lipinski definition) is 1. The van der Waals surface area contributed by atoms with E-state index in [0.717, 1.165) is 36.5 Å². The van der Waals surface area contributed by atoms with Gasteiger partial charge in [-0.2, -0.15) is 0 Å². The van der Waals surface area contributed by atoms with Crippen LogP contribution in [0.3, 0.4) is 0 Å². The molecule has 0 aromatic heterocycles. The summed E-state index contributed by atoms with van der Waals surface area (Å²) in [5.74, 6) is 0.872. The van der Waals surface area contributed by atoms with Crippen molar-refractivity contribution in [2.24, 2.45) is 11.8 Å². The van der Waals surface area contributed by atoms with Crippen molar-refractivity contribution in [3.63, 3.8) is 0 Å². The predicted octanol–water partition coefficient (Wildman–Crippen LogP) is 6.51. The number of fused-ring (bicyclic) bond motifs is 1. The number of ether oxygens (including phenoxy) is 2. The van der Waals surface area contributed by atoms with Gasteiger partial charge < -0.3 is 19.7 Å². The number of nitrogens with one attached hydrogen (secondary N) is 1. The zero-order valence-electron chi connectivity index (χ0n) is 23.0. The van der Waals surface area contributed by atoms with Crippen LogP contribution in [0.25, 0.3) is 0 Å². The van der Waals surface area contributed by atoms with Crippen molar-refractivity contribution in [1.29, 1.82) is 0 Å². The molecule has 2 aliphatic heterocycles. The number of halogens is 1. The molecule has 1 N–H and O–H groups in total. The van der Waals surface area contributed by atoms with Crippen LogP contribution in [0.5, 0.6) is 0 Å². The fourth-order valence-corrected chi connectivity index (χ4v) is 6.10. The first-order valence-corrected chi connectivity index (χ1v) is 14.8. The lowest BCUT2D eigenvalue weighted by Gasteiger charge is -2.28. The number of Topliss-reactive ketones (excluding diaryl/α,β-unsaturated/α-hetero) is 1. The normalized spacial score (nSPS) is 19.2. The Morgan fingerprint density at radius 2 is 1.85 bits per heavy atom. The first-order valence-electron chi connectivity index (χ1n) is 13.4. The number of rotatable bonds is 7. The molecule has 1 saturated heterocycles. The van der Waals surface area contributed by atoms with Crippen LogP contribution < -0.4 is 10.2 Å². The van der Waals surface area contributed by atoms with E-state index in [2.05, 4.69) is 12.2 Å². The largest absolute Gasteiger partial charge is 0.444 e. The van der Waals surface area contributed by atoms with Crippen molar-refractivity contribution in [2.45, 2.75) is 70.0 Å². The number of thioether (sulfide) groups is 1. The zero-order valence-corrected chi connectivity index (χ0v) is 24.6. The van der Waals surface area contributed by atoms with Gasteiger partial charge in [0.15, 0.2) is 5.78 Å². The lowest BCUT2D eigenvalue weighted by Crippen LogP contribution is -2.50. The van der Waals surface area contributed by atoms with E-state index in [1.165, 1.54) is 11.8 Å². The van der Waals surface area contributed by atoms with Crippen LogP contribution in [0.15, 0.2) is 47.4 Å². The Morgan fingerprint density at radius 3 is 2.51 bits per heavy atom. The number of hydrogen-bond acceptors (Lipinski definition) is 6. The van der Waals surface area contributed by atoms with E-state index < -0.39 is 17.7 Å². The Labute approximate surface area is 239 Å². The molecular weight excluding hydrogens is 536 g/mol. The molecule has 2 amide bonds. The Morgan fingerprint density at radius 1 is 1.15 bits per heavy atom. The zero-order chi connectivity index (χ0) is 28.2. The molecule has 2 aliphatic rings. The van der Waals surface area contributed by atoms with E-state index >= 15 is 0 Å². The molecule has 2 atom stereocenters. The second-order valence-corrected chi connectivity index (χ2v) is 12.8. The lowest BCUT2D eigenvalue weighted by molar-refractivity contribution is -0.120. The van der Waals surface area contributed by atoms with Gasteiger partial charge in [0.2, 0.25) is 0 Å². The molecule has 2 aromatic carbocycles. The summed E-state index contributed by atoms with van der Waals surface area (Å²) in [6.07, 6.45) is 1.76. The van der Waals surface area contributed by atoms with Gasteiger partial charge in [0.1, 0.15) is 11.6 Å². The molecule has 2 aromatic rings. The molecule has 9 heteroatoms. The van der Waals surface area contributed by atoms with Crippen molar-refractivity contribution >= 4 is 46.8 Å². The summed E-state index contributed by atoms with van der Waals surface area (Å²) in [5, 5.41) is 3.36. The second-order valence-electron chi connectivity index (χ2n) is 11.3. The highest BCUT2D eigenvalue weighted by molar-refractivity contribution is 7.99. The maximum atomic E-state index is 13.9. The first-order chi connectivity index (χ1) is 18.5.